The number of halogens is 3. The van der Waals surface area contributed by atoms with E-state index in [2.05, 4.69) is 4.90 Å². The Morgan fingerprint density at radius 3 is 2.62 bits per heavy atom. The normalized spacial score (nSPS) is 22.2. The zero-order valence-corrected chi connectivity index (χ0v) is 16.9. The Morgan fingerprint density at radius 1 is 1.21 bits per heavy atom. The van der Waals surface area contributed by atoms with Crippen LogP contribution in [0.1, 0.15) is 48.2 Å². The predicted octanol–water partition coefficient (Wildman–Crippen LogP) is 4.31. The third-order valence-electron chi connectivity index (χ3n) is 6.07. The van der Waals surface area contributed by atoms with Gasteiger partial charge in [-0.3, -0.25) is 0 Å². The van der Waals surface area contributed by atoms with Crippen molar-refractivity contribution in [3.8, 4) is 5.75 Å². The Balaban J connectivity index is 1.41. The van der Waals surface area contributed by atoms with Gasteiger partial charge in [-0.2, -0.15) is 0 Å². The number of likely N-dealkylation sites (tertiary alicyclic amines) is 1. The van der Waals surface area contributed by atoms with Gasteiger partial charge in [0, 0.05) is 36.6 Å². The van der Waals surface area contributed by atoms with Gasteiger partial charge in [-0.25, -0.2) is 8.78 Å². The number of rotatable bonds is 3. The third-order valence-corrected chi connectivity index (χ3v) is 6.48. The number of benzene rings is 2. The maximum atomic E-state index is 13.4. The first kappa shape index (κ1) is 20.5. The summed E-state index contributed by atoms with van der Waals surface area (Å²) in [5.74, 6) is -1.20. The minimum absolute atomic E-state index is 0.328. The Morgan fingerprint density at radius 2 is 1.93 bits per heavy atom. The number of ether oxygens (including phenoxy) is 1. The van der Waals surface area contributed by atoms with E-state index in [1.54, 1.807) is 6.07 Å². The zero-order chi connectivity index (χ0) is 20.8. The van der Waals surface area contributed by atoms with E-state index in [4.69, 9.17) is 16.3 Å². The molecular formula is C22H24ClF2NO3. The van der Waals surface area contributed by atoms with Gasteiger partial charge in [0.25, 0.3) is 0 Å². The fraction of sp³-hybridized carbons (Fsp3) is 0.455. The fourth-order valence-electron chi connectivity index (χ4n) is 4.28. The van der Waals surface area contributed by atoms with Crippen LogP contribution in [0.25, 0.3) is 0 Å². The van der Waals surface area contributed by atoms with Crippen molar-refractivity contribution in [1.82, 2.24) is 4.90 Å². The van der Waals surface area contributed by atoms with E-state index in [0.29, 0.717) is 55.2 Å². The highest BCUT2D eigenvalue weighted by molar-refractivity contribution is 6.31. The van der Waals surface area contributed by atoms with Gasteiger partial charge in [0.05, 0.1) is 12.2 Å². The van der Waals surface area contributed by atoms with E-state index < -0.39 is 29.4 Å². The lowest BCUT2D eigenvalue weighted by molar-refractivity contribution is -0.0588. The molecule has 29 heavy (non-hydrogen) atoms. The summed E-state index contributed by atoms with van der Waals surface area (Å²) in [7, 11) is 0. The van der Waals surface area contributed by atoms with Crippen LogP contribution < -0.4 is 4.74 Å². The van der Waals surface area contributed by atoms with Crippen molar-refractivity contribution in [2.45, 2.75) is 44.0 Å². The van der Waals surface area contributed by atoms with E-state index in [0.717, 1.165) is 23.3 Å². The average Bonchev–Trinajstić information content (AvgIpc) is 2.68. The molecule has 2 N–H and O–H groups in total. The molecule has 0 aliphatic carbocycles. The van der Waals surface area contributed by atoms with Gasteiger partial charge >= 0.3 is 0 Å². The van der Waals surface area contributed by atoms with E-state index in [9.17, 15) is 19.0 Å². The number of hydrogen-bond donors (Lipinski definition) is 2. The van der Waals surface area contributed by atoms with Crippen molar-refractivity contribution < 1.29 is 23.7 Å². The summed E-state index contributed by atoms with van der Waals surface area (Å²) in [4.78, 5) is 2.08. The molecule has 2 heterocycles. The van der Waals surface area contributed by atoms with Crippen LogP contribution in [0.5, 0.6) is 5.75 Å². The van der Waals surface area contributed by atoms with Crippen LogP contribution in [-0.2, 0) is 0 Å². The number of β-amino-alcohol motifs (C(OH)–C–C–N with tert-alkyl or cyclic N) is 1. The second-order valence-corrected chi connectivity index (χ2v) is 8.54. The molecule has 2 aromatic carbocycles. The van der Waals surface area contributed by atoms with Crippen molar-refractivity contribution in [3.05, 3.63) is 63.7 Å². The van der Waals surface area contributed by atoms with Gasteiger partial charge in [0.2, 0.25) is 0 Å². The lowest BCUT2D eigenvalue weighted by atomic mass is 9.81. The molecule has 0 amide bonds. The van der Waals surface area contributed by atoms with Gasteiger partial charge in [0.1, 0.15) is 11.4 Å². The highest BCUT2D eigenvalue weighted by Gasteiger charge is 2.43. The maximum Gasteiger partial charge on any atom is 0.159 e. The quantitative estimate of drug-likeness (QED) is 0.772. The molecule has 156 valence electrons. The van der Waals surface area contributed by atoms with Crippen molar-refractivity contribution >= 4 is 11.6 Å². The molecule has 4 rings (SSSR count). The molecule has 1 fully saturated rings. The molecule has 2 aromatic rings. The second kappa shape index (κ2) is 7.84. The van der Waals surface area contributed by atoms with Gasteiger partial charge in [-0.15, -0.1) is 0 Å². The molecule has 2 aliphatic heterocycles. The van der Waals surface area contributed by atoms with E-state index in [-0.39, 0.29) is 0 Å². The van der Waals surface area contributed by atoms with Crippen LogP contribution in [-0.4, -0.2) is 40.3 Å². The van der Waals surface area contributed by atoms with Crippen LogP contribution in [0.4, 0.5) is 8.78 Å². The predicted molar refractivity (Wildman–Crippen MR) is 106 cm³/mol. The number of hydrogen-bond acceptors (Lipinski definition) is 4. The smallest absolute Gasteiger partial charge is 0.159 e. The second-order valence-electron chi connectivity index (χ2n) is 8.13. The molecule has 7 heteroatoms. The van der Waals surface area contributed by atoms with Crippen molar-refractivity contribution in [2.75, 3.05) is 19.6 Å². The van der Waals surface area contributed by atoms with Crippen LogP contribution in [0, 0.1) is 18.6 Å². The molecule has 2 atom stereocenters. The first-order valence-corrected chi connectivity index (χ1v) is 10.2. The number of aryl methyl sites for hydroxylation is 1. The molecule has 0 saturated carbocycles. The fourth-order valence-corrected chi connectivity index (χ4v) is 4.45. The molecule has 4 nitrogen and oxygen atoms in total. The lowest BCUT2D eigenvalue weighted by Gasteiger charge is -2.46. The highest BCUT2D eigenvalue weighted by Crippen LogP contribution is 2.45. The Kier molecular flexibility index (Phi) is 5.55. The van der Waals surface area contributed by atoms with Gasteiger partial charge in [-0.1, -0.05) is 17.7 Å². The number of piperidine rings is 1. The summed E-state index contributed by atoms with van der Waals surface area (Å²) in [6, 6.07) is 7.12. The summed E-state index contributed by atoms with van der Waals surface area (Å²) >= 11 is 6.18. The van der Waals surface area contributed by atoms with E-state index >= 15 is 0 Å². The SMILES string of the molecule is Cc1cc2c(cc1Cl)C(O)CC1(CCN(CC(O)c3ccc(F)c(F)c3)CC1)O2. The molecule has 2 unspecified atom stereocenters. The van der Waals surface area contributed by atoms with Crippen molar-refractivity contribution in [1.29, 1.82) is 0 Å². The minimum Gasteiger partial charge on any atom is -0.487 e. The van der Waals surface area contributed by atoms with Gasteiger partial charge in [-0.05, 0) is 55.2 Å². The van der Waals surface area contributed by atoms with E-state index in [1.807, 2.05) is 13.0 Å². The number of nitrogens with zero attached hydrogens (tertiary/aromatic N) is 1. The average molecular weight is 424 g/mol. The summed E-state index contributed by atoms with van der Waals surface area (Å²) in [5, 5.41) is 21.7. The molecule has 0 bridgehead atoms. The Labute approximate surface area is 173 Å². The topological polar surface area (TPSA) is 52.9 Å². The molecule has 0 aromatic heterocycles. The Bertz CT molecular complexity index is 915. The maximum absolute atomic E-state index is 13.4. The summed E-state index contributed by atoms with van der Waals surface area (Å²) in [6.07, 6.45) is 0.378. The van der Waals surface area contributed by atoms with Crippen LogP contribution in [0.2, 0.25) is 5.02 Å². The van der Waals surface area contributed by atoms with Crippen LogP contribution in [0.3, 0.4) is 0 Å². The summed E-state index contributed by atoms with van der Waals surface area (Å²) in [6.45, 7) is 3.58. The molecule has 1 spiro atoms. The highest BCUT2D eigenvalue weighted by atomic mass is 35.5. The lowest BCUT2D eigenvalue weighted by Crippen LogP contribution is -2.51. The van der Waals surface area contributed by atoms with Crippen LogP contribution in [0.15, 0.2) is 30.3 Å². The van der Waals surface area contributed by atoms with E-state index in [1.165, 1.54) is 6.07 Å². The molecule has 0 radical (unpaired) electrons. The molecule has 1 saturated heterocycles. The standard InChI is InChI=1S/C22H24ClF2NO3/c1-13-8-21-15(10-16(13)23)19(27)11-22(29-21)4-6-26(7-5-22)12-20(28)14-2-3-17(24)18(25)9-14/h2-3,8-10,19-20,27-28H,4-7,11-12H2,1H3. The van der Waals surface area contributed by atoms with Crippen molar-refractivity contribution in [2.24, 2.45) is 0 Å². The minimum atomic E-state index is -0.960. The third kappa shape index (κ3) is 4.12. The number of fused-ring (bicyclic) bond motifs is 1. The zero-order valence-electron chi connectivity index (χ0n) is 16.2. The van der Waals surface area contributed by atoms with Crippen LogP contribution >= 0.6 is 11.6 Å². The molecule has 2 aliphatic rings. The van der Waals surface area contributed by atoms with Crippen molar-refractivity contribution in [3.63, 3.8) is 0 Å². The Hall–Kier alpha value is -1.73. The van der Waals surface area contributed by atoms with Gasteiger partial charge < -0.3 is 19.8 Å². The number of aliphatic hydroxyl groups excluding tert-OH is 2. The molecular weight excluding hydrogens is 400 g/mol. The first-order chi connectivity index (χ1) is 13.8. The first-order valence-electron chi connectivity index (χ1n) is 9.79. The number of aliphatic hydroxyl groups is 2. The van der Waals surface area contributed by atoms with Gasteiger partial charge in [0.15, 0.2) is 11.6 Å². The largest absolute Gasteiger partial charge is 0.487 e. The summed E-state index contributed by atoms with van der Waals surface area (Å²) < 4.78 is 32.9. The monoisotopic (exact) mass is 423 g/mol. The summed E-state index contributed by atoms with van der Waals surface area (Å²) in [5.41, 5.74) is 1.54.